The van der Waals surface area contributed by atoms with E-state index in [0.717, 1.165) is 4.90 Å². The highest BCUT2D eigenvalue weighted by atomic mass is 16.5. The number of pyridine rings is 2. The van der Waals surface area contributed by atoms with Crippen LogP contribution in [0.15, 0.2) is 36.4 Å². The summed E-state index contributed by atoms with van der Waals surface area (Å²) in [4.78, 5) is 31.4. The second kappa shape index (κ2) is 7.59. The summed E-state index contributed by atoms with van der Waals surface area (Å²) in [5.41, 5.74) is 1.22. The standard InChI is InChI=1S/C19H14N4O5/c1-11-17-14(18(27)19(21-11)23(10-24)9-16(25)26)6-7-15(22-17)28-13-4-2-12(8-20)3-5-13/h2-7,10,27H,9H2,1H3,(H,25,26). The lowest BCUT2D eigenvalue weighted by molar-refractivity contribution is -0.136. The topological polar surface area (TPSA) is 137 Å². The van der Waals surface area contributed by atoms with Gasteiger partial charge in [-0.15, -0.1) is 0 Å². The lowest BCUT2D eigenvalue weighted by Crippen LogP contribution is -2.29. The number of ether oxygens (including phenoxy) is 1. The quantitative estimate of drug-likeness (QED) is 0.624. The molecule has 9 nitrogen and oxygen atoms in total. The van der Waals surface area contributed by atoms with Crippen LogP contribution < -0.4 is 9.64 Å². The number of aromatic hydroxyl groups is 1. The van der Waals surface area contributed by atoms with Crippen LogP contribution in [0.3, 0.4) is 0 Å². The Labute approximate surface area is 159 Å². The average molecular weight is 378 g/mol. The summed E-state index contributed by atoms with van der Waals surface area (Å²) in [6, 6.07) is 11.5. The molecular weight excluding hydrogens is 364 g/mol. The Morgan fingerprint density at radius 2 is 1.96 bits per heavy atom. The molecule has 1 aromatic carbocycles. The van der Waals surface area contributed by atoms with Crippen molar-refractivity contribution in [2.75, 3.05) is 11.4 Å². The molecule has 9 heteroatoms. The van der Waals surface area contributed by atoms with Crippen molar-refractivity contribution in [3.05, 3.63) is 47.7 Å². The van der Waals surface area contributed by atoms with E-state index in [4.69, 9.17) is 15.1 Å². The Balaban J connectivity index is 1.99. The largest absolute Gasteiger partial charge is 0.504 e. The van der Waals surface area contributed by atoms with Crippen molar-refractivity contribution in [3.8, 4) is 23.4 Å². The van der Waals surface area contributed by atoms with E-state index in [1.165, 1.54) is 6.07 Å². The van der Waals surface area contributed by atoms with Gasteiger partial charge in [-0.05, 0) is 37.3 Å². The minimum Gasteiger partial charge on any atom is -0.504 e. The Bertz CT molecular complexity index is 1110. The number of aliphatic carboxylic acids is 1. The monoisotopic (exact) mass is 378 g/mol. The van der Waals surface area contributed by atoms with Crippen LogP contribution in [0.5, 0.6) is 17.4 Å². The van der Waals surface area contributed by atoms with Gasteiger partial charge in [0.1, 0.15) is 12.3 Å². The van der Waals surface area contributed by atoms with Gasteiger partial charge in [0.05, 0.1) is 22.8 Å². The Morgan fingerprint density at radius 3 is 2.57 bits per heavy atom. The predicted molar refractivity (Wildman–Crippen MR) is 98.2 cm³/mol. The van der Waals surface area contributed by atoms with Crippen molar-refractivity contribution in [2.45, 2.75) is 6.92 Å². The van der Waals surface area contributed by atoms with Crippen molar-refractivity contribution in [1.82, 2.24) is 9.97 Å². The molecular formula is C19H14N4O5. The van der Waals surface area contributed by atoms with Crippen molar-refractivity contribution in [1.29, 1.82) is 5.26 Å². The maximum atomic E-state index is 11.2. The van der Waals surface area contributed by atoms with E-state index in [9.17, 15) is 14.7 Å². The van der Waals surface area contributed by atoms with Gasteiger partial charge in [-0.2, -0.15) is 5.26 Å². The average Bonchev–Trinajstić information content (AvgIpc) is 2.69. The van der Waals surface area contributed by atoms with Gasteiger partial charge in [0.2, 0.25) is 12.3 Å². The number of hydrogen-bond acceptors (Lipinski definition) is 7. The van der Waals surface area contributed by atoms with Crippen molar-refractivity contribution in [2.24, 2.45) is 0 Å². The van der Waals surface area contributed by atoms with Gasteiger partial charge in [0.25, 0.3) is 0 Å². The first-order chi connectivity index (χ1) is 13.4. The molecule has 28 heavy (non-hydrogen) atoms. The number of hydrogen-bond donors (Lipinski definition) is 2. The normalized spacial score (nSPS) is 10.3. The van der Waals surface area contributed by atoms with Crippen LogP contribution in [-0.2, 0) is 9.59 Å². The second-order valence-corrected chi connectivity index (χ2v) is 5.78. The van der Waals surface area contributed by atoms with E-state index in [1.807, 2.05) is 6.07 Å². The summed E-state index contributed by atoms with van der Waals surface area (Å²) in [5.74, 6) is -1.04. The molecule has 0 aliphatic rings. The van der Waals surface area contributed by atoms with E-state index >= 15 is 0 Å². The number of fused-ring (bicyclic) bond motifs is 1. The lowest BCUT2D eigenvalue weighted by Gasteiger charge is -2.17. The summed E-state index contributed by atoms with van der Waals surface area (Å²) < 4.78 is 5.66. The van der Waals surface area contributed by atoms with Crippen molar-refractivity contribution in [3.63, 3.8) is 0 Å². The highest BCUT2D eigenvalue weighted by molar-refractivity contribution is 5.95. The molecule has 0 bridgehead atoms. The molecule has 3 aromatic rings. The number of anilines is 1. The highest BCUT2D eigenvalue weighted by Gasteiger charge is 2.20. The number of carbonyl (C=O) groups excluding carboxylic acids is 1. The molecule has 0 fully saturated rings. The molecule has 0 aliphatic carbocycles. The molecule has 2 heterocycles. The van der Waals surface area contributed by atoms with Gasteiger partial charge in [0.15, 0.2) is 11.6 Å². The molecule has 0 saturated carbocycles. The molecule has 0 aliphatic heterocycles. The van der Waals surface area contributed by atoms with Crippen LogP contribution >= 0.6 is 0 Å². The molecule has 1 amide bonds. The Kier molecular flexibility index (Phi) is 5.04. The lowest BCUT2D eigenvalue weighted by atomic mass is 10.2. The van der Waals surface area contributed by atoms with E-state index in [1.54, 1.807) is 37.3 Å². The number of rotatable bonds is 6. The second-order valence-electron chi connectivity index (χ2n) is 5.78. The van der Waals surface area contributed by atoms with Crippen LogP contribution in [0, 0.1) is 18.3 Å². The van der Waals surface area contributed by atoms with Gasteiger partial charge < -0.3 is 14.9 Å². The molecule has 2 aromatic heterocycles. The molecule has 0 saturated heterocycles. The third-order valence-electron chi connectivity index (χ3n) is 3.86. The number of aryl methyl sites for hydroxylation is 1. The third-order valence-corrected chi connectivity index (χ3v) is 3.86. The Morgan fingerprint density at radius 1 is 1.25 bits per heavy atom. The van der Waals surface area contributed by atoms with E-state index in [2.05, 4.69) is 9.97 Å². The summed E-state index contributed by atoms with van der Waals surface area (Å²) in [5, 5.41) is 28.5. The van der Waals surface area contributed by atoms with Gasteiger partial charge in [-0.1, -0.05) is 0 Å². The van der Waals surface area contributed by atoms with E-state index in [0.29, 0.717) is 27.9 Å². The molecule has 0 radical (unpaired) electrons. The van der Waals surface area contributed by atoms with Crippen molar-refractivity contribution >= 4 is 29.1 Å². The number of carboxylic acid groups (broad SMARTS) is 1. The number of nitrogens with zero attached hydrogens (tertiary/aromatic N) is 4. The number of benzene rings is 1. The summed E-state index contributed by atoms with van der Waals surface area (Å²) in [6.45, 7) is 0.982. The first kappa shape index (κ1) is 18.6. The zero-order valence-electron chi connectivity index (χ0n) is 14.7. The third kappa shape index (κ3) is 3.66. The smallest absolute Gasteiger partial charge is 0.323 e. The maximum absolute atomic E-state index is 11.2. The van der Waals surface area contributed by atoms with Gasteiger partial charge in [-0.25, -0.2) is 9.97 Å². The van der Waals surface area contributed by atoms with Crippen molar-refractivity contribution < 1.29 is 24.5 Å². The number of carboxylic acids is 1. The molecule has 3 rings (SSSR count). The fourth-order valence-corrected chi connectivity index (χ4v) is 2.58. The number of aromatic nitrogens is 2. The minimum absolute atomic E-state index is 0.162. The minimum atomic E-state index is -1.24. The SMILES string of the molecule is Cc1nc(N(C=O)CC(=O)O)c(O)c2ccc(Oc3ccc(C#N)cc3)nc12. The molecule has 2 N–H and O–H groups in total. The maximum Gasteiger partial charge on any atom is 0.323 e. The summed E-state index contributed by atoms with van der Waals surface area (Å²) in [6.07, 6.45) is 0.289. The fraction of sp³-hybridized carbons (Fsp3) is 0.105. The zero-order valence-corrected chi connectivity index (χ0v) is 14.7. The first-order valence-electron chi connectivity index (χ1n) is 8.05. The van der Waals surface area contributed by atoms with Gasteiger partial charge >= 0.3 is 5.97 Å². The van der Waals surface area contributed by atoms with Crippen LogP contribution in [0.2, 0.25) is 0 Å². The Hall–Kier alpha value is -4.19. The predicted octanol–water partition coefficient (Wildman–Crippen LogP) is 2.36. The summed E-state index contributed by atoms with van der Waals surface area (Å²) >= 11 is 0. The molecule has 0 unspecified atom stereocenters. The molecule has 140 valence electrons. The van der Waals surface area contributed by atoms with E-state index in [-0.39, 0.29) is 23.9 Å². The number of amides is 1. The number of carbonyl (C=O) groups is 2. The van der Waals surface area contributed by atoms with Crippen LogP contribution in [-0.4, -0.2) is 39.1 Å². The molecule has 0 atom stereocenters. The first-order valence-corrected chi connectivity index (χ1v) is 8.05. The zero-order chi connectivity index (χ0) is 20.3. The molecule has 0 spiro atoms. The van der Waals surface area contributed by atoms with Crippen LogP contribution in [0.4, 0.5) is 5.82 Å². The number of nitriles is 1. The fourth-order valence-electron chi connectivity index (χ4n) is 2.58. The van der Waals surface area contributed by atoms with Crippen LogP contribution in [0.1, 0.15) is 11.3 Å². The highest BCUT2D eigenvalue weighted by Crippen LogP contribution is 2.35. The van der Waals surface area contributed by atoms with Crippen LogP contribution in [0.25, 0.3) is 10.9 Å². The van der Waals surface area contributed by atoms with Gasteiger partial charge in [-0.3, -0.25) is 14.5 Å². The van der Waals surface area contributed by atoms with Gasteiger partial charge in [0, 0.05) is 11.5 Å². The summed E-state index contributed by atoms with van der Waals surface area (Å²) in [7, 11) is 0. The van der Waals surface area contributed by atoms with E-state index < -0.39 is 12.5 Å².